The summed E-state index contributed by atoms with van der Waals surface area (Å²) in [5.41, 5.74) is 0.405. The summed E-state index contributed by atoms with van der Waals surface area (Å²) < 4.78 is 5.45. The summed E-state index contributed by atoms with van der Waals surface area (Å²) in [6.07, 6.45) is 0. The SMILES string of the molecule is N#Cc1cc(Cl)cc(Oc2ccccc2O)c1. The number of halogens is 1. The van der Waals surface area contributed by atoms with Gasteiger partial charge < -0.3 is 9.84 Å². The van der Waals surface area contributed by atoms with Crippen LogP contribution in [-0.4, -0.2) is 5.11 Å². The van der Waals surface area contributed by atoms with Gasteiger partial charge in [-0.05, 0) is 30.3 Å². The van der Waals surface area contributed by atoms with E-state index in [1.165, 1.54) is 6.07 Å². The first kappa shape index (κ1) is 11.3. The molecule has 0 amide bonds. The number of rotatable bonds is 2. The molecule has 3 nitrogen and oxygen atoms in total. The maximum absolute atomic E-state index is 9.54. The molecule has 0 heterocycles. The molecule has 2 rings (SSSR count). The van der Waals surface area contributed by atoms with Gasteiger partial charge in [-0.1, -0.05) is 23.7 Å². The number of phenolic OH excluding ortho intramolecular Hbond substituents is 1. The number of nitriles is 1. The molecule has 2 aromatic carbocycles. The average molecular weight is 246 g/mol. The van der Waals surface area contributed by atoms with Crippen LogP contribution in [0.2, 0.25) is 5.02 Å². The smallest absolute Gasteiger partial charge is 0.169 e. The molecule has 0 spiro atoms. The lowest BCUT2D eigenvalue weighted by molar-refractivity contribution is 0.411. The number of nitrogens with zero attached hydrogens (tertiary/aromatic N) is 1. The van der Waals surface area contributed by atoms with Crippen LogP contribution in [0.15, 0.2) is 42.5 Å². The second-order valence-corrected chi connectivity index (χ2v) is 3.79. The Morgan fingerprint density at radius 2 is 1.94 bits per heavy atom. The average Bonchev–Trinajstić information content (AvgIpc) is 2.31. The molecule has 0 saturated carbocycles. The van der Waals surface area contributed by atoms with Crippen LogP contribution in [0.4, 0.5) is 0 Å². The lowest BCUT2D eigenvalue weighted by Crippen LogP contribution is -1.86. The van der Waals surface area contributed by atoms with Crippen LogP contribution >= 0.6 is 11.6 Å². The van der Waals surface area contributed by atoms with Gasteiger partial charge in [-0.25, -0.2) is 0 Å². The summed E-state index contributed by atoms with van der Waals surface area (Å²) in [6, 6.07) is 13.2. The molecule has 4 heteroatoms. The number of para-hydroxylation sites is 2. The Hall–Kier alpha value is -2.18. The first-order chi connectivity index (χ1) is 8.19. The van der Waals surface area contributed by atoms with E-state index in [9.17, 15) is 5.11 Å². The van der Waals surface area contributed by atoms with E-state index in [0.717, 1.165) is 0 Å². The van der Waals surface area contributed by atoms with Crippen molar-refractivity contribution in [1.82, 2.24) is 0 Å². The van der Waals surface area contributed by atoms with Gasteiger partial charge in [0.15, 0.2) is 11.5 Å². The standard InChI is InChI=1S/C13H8ClNO2/c14-10-5-9(8-15)6-11(7-10)17-13-4-2-1-3-12(13)16/h1-7,16H. The molecule has 1 N–H and O–H groups in total. The molecular formula is C13H8ClNO2. The minimum Gasteiger partial charge on any atom is -0.504 e. The highest BCUT2D eigenvalue weighted by molar-refractivity contribution is 6.30. The van der Waals surface area contributed by atoms with E-state index >= 15 is 0 Å². The van der Waals surface area contributed by atoms with Gasteiger partial charge in [0.05, 0.1) is 11.6 Å². The topological polar surface area (TPSA) is 53.2 Å². The van der Waals surface area contributed by atoms with Gasteiger partial charge in [-0.15, -0.1) is 0 Å². The normalized spacial score (nSPS) is 9.65. The zero-order chi connectivity index (χ0) is 12.3. The van der Waals surface area contributed by atoms with Crippen molar-refractivity contribution in [2.45, 2.75) is 0 Å². The quantitative estimate of drug-likeness (QED) is 0.878. The highest BCUT2D eigenvalue weighted by Crippen LogP contribution is 2.31. The number of hydrogen-bond acceptors (Lipinski definition) is 3. The van der Waals surface area contributed by atoms with Crippen molar-refractivity contribution in [3.8, 4) is 23.3 Å². The fourth-order valence-electron chi connectivity index (χ4n) is 1.36. The predicted molar refractivity (Wildman–Crippen MR) is 64.3 cm³/mol. The summed E-state index contributed by atoms with van der Waals surface area (Å²) >= 11 is 5.84. The number of hydrogen-bond donors (Lipinski definition) is 1. The second kappa shape index (κ2) is 4.77. The van der Waals surface area contributed by atoms with Crippen LogP contribution in [0.1, 0.15) is 5.56 Å². The van der Waals surface area contributed by atoms with E-state index in [-0.39, 0.29) is 5.75 Å². The monoisotopic (exact) mass is 245 g/mol. The number of phenols is 1. The zero-order valence-corrected chi connectivity index (χ0v) is 9.48. The Morgan fingerprint density at radius 1 is 1.18 bits per heavy atom. The lowest BCUT2D eigenvalue weighted by Gasteiger charge is -2.07. The Labute approximate surface area is 103 Å². The molecule has 0 aliphatic rings. The molecule has 0 fully saturated rings. The molecule has 0 aliphatic heterocycles. The van der Waals surface area contributed by atoms with Crippen molar-refractivity contribution in [3.63, 3.8) is 0 Å². The molecule has 84 valence electrons. The first-order valence-electron chi connectivity index (χ1n) is 4.85. The molecule has 0 aliphatic carbocycles. The van der Waals surface area contributed by atoms with E-state index in [1.807, 2.05) is 6.07 Å². The van der Waals surface area contributed by atoms with Crippen LogP contribution in [0.25, 0.3) is 0 Å². The number of aromatic hydroxyl groups is 1. The van der Waals surface area contributed by atoms with Crippen LogP contribution in [0.3, 0.4) is 0 Å². The van der Waals surface area contributed by atoms with Crippen molar-refractivity contribution < 1.29 is 9.84 Å². The molecule has 0 bridgehead atoms. The number of ether oxygens (including phenoxy) is 1. The summed E-state index contributed by atoms with van der Waals surface area (Å²) in [5, 5.41) is 18.7. The Morgan fingerprint density at radius 3 is 2.65 bits per heavy atom. The van der Waals surface area contributed by atoms with E-state index in [4.69, 9.17) is 21.6 Å². The van der Waals surface area contributed by atoms with E-state index in [1.54, 1.807) is 36.4 Å². The van der Waals surface area contributed by atoms with Gasteiger partial charge >= 0.3 is 0 Å². The lowest BCUT2D eigenvalue weighted by atomic mass is 10.2. The van der Waals surface area contributed by atoms with E-state index in [0.29, 0.717) is 22.1 Å². The van der Waals surface area contributed by atoms with E-state index in [2.05, 4.69) is 0 Å². The van der Waals surface area contributed by atoms with Crippen molar-refractivity contribution in [2.75, 3.05) is 0 Å². The molecule has 0 aromatic heterocycles. The van der Waals surface area contributed by atoms with E-state index < -0.39 is 0 Å². The van der Waals surface area contributed by atoms with Crippen LogP contribution in [-0.2, 0) is 0 Å². The third-order valence-electron chi connectivity index (χ3n) is 2.09. The van der Waals surface area contributed by atoms with Crippen molar-refractivity contribution >= 4 is 11.6 Å². The molecule has 2 aromatic rings. The molecule has 17 heavy (non-hydrogen) atoms. The Balaban J connectivity index is 2.34. The van der Waals surface area contributed by atoms with Crippen LogP contribution in [0, 0.1) is 11.3 Å². The van der Waals surface area contributed by atoms with Gasteiger partial charge in [0, 0.05) is 5.02 Å². The fourth-order valence-corrected chi connectivity index (χ4v) is 1.58. The van der Waals surface area contributed by atoms with Gasteiger partial charge in [-0.3, -0.25) is 0 Å². The summed E-state index contributed by atoms with van der Waals surface area (Å²) in [4.78, 5) is 0. The summed E-state index contributed by atoms with van der Waals surface area (Å²) in [5.74, 6) is 0.764. The van der Waals surface area contributed by atoms with Gasteiger partial charge in [0.25, 0.3) is 0 Å². The second-order valence-electron chi connectivity index (χ2n) is 3.36. The van der Waals surface area contributed by atoms with Crippen molar-refractivity contribution in [3.05, 3.63) is 53.1 Å². The number of benzene rings is 2. The van der Waals surface area contributed by atoms with Crippen molar-refractivity contribution in [1.29, 1.82) is 5.26 Å². The third-order valence-corrected chi connectivity index (χ3v) is 2.31. The minimum atomic E-state index is 0.0333. The van der Waals surface area contributed by atoms with Crippen LogP contribution < -0.4 is 4.74 Å². The highest BCUT2D eigenvalue weighted by atomic mass is 35.5. The summed E-state index contributed by atoms with van der Waals surface area (Å²) in [6.45, 7) is 0. The highest BCUT2D eigenvalue weighted by Gasteiger charge is 2.05. The Kier molecular flexibility index (Phi) is 3.17. The largest absolute Gasteiger partial charge is 0.504 e. The van der Waals surface area contributed by atoms with Gasteiger partial charge in [-0.2, -0.15) is 5.26 Å². The zero-order valence-electron chi connectivity index (χ0n) is 8.72. The molecule has 0 atom stereocenters. The molecular weight excluding hydrogens is 238 g/mol. The van der Waals surface area contributed by atoms with Gasteiger partial charge in [0.1, 0.15) is 5.75 Å². The maximum atomic E-state index is 9.54. The van der Waals surface area contributed by atoms with Crippen molar-refractivity contribution in [2.24, 2.45) is 0 Å². The minimum absolute atomic E-state index is 0.0333. The van der Waals surface area contributed by atoms with Gasteiger partial charge in [0.2, 0.25) is 0 Å². The maximum Gasteiger partial charge on any atom is 0.169 e. The third kappa shape index (κ3) is 2.68. The Bertz CT molecular complexity index is 590. The summed E-state index contributed by atoms with van der Waals surface area (Å²) in [7, 11) is 0. The predicted octanol–water partition coefficient (Wildman–Crippen LogP) is 3.71. The fraction of sp³-hybridized carbons (Fsp3) is 0. The van der Waals surface area contributed by atoms with Crippen LogP contribution in [0.5, 0.6) is 17.2 Å². The first-order valence-corrected chi connectivity index (χ1v) is 5.23. The molecule has 0 radical (unpaired) electrons. The molecule has 0 unspecified atom stereocenters. The molecule has 0 saturated heterocycles.